The summed E-state index contributed by atoms with van der Waals surface area (Å²) in [5, 5.41) is 2.91. The van der Waals surface area contributed by atoms with Crippen LogP contribution in [0.25, 0.3) is 0 Å². The van der Waals surface area contributed by atoms with Crippen LogP contribution >= 0.6 is 0 Å². The topological polar surface area (TPSA) is 56.8 Å². The Hall–Kier alpha value is -2.69. The molecule has 2 unspecified atom stereocenters. The van der Waals surface area contributed by atoms with Crippen LogP contribution in [0.15, 0.2) is 42.5 Å². The second-order valence-corrected chi connectivity index (χ2v) is 6.48. The lowest BCUT2D eigenvalue weighted by atomic mass is 10.1. The molecule has 26 heavy (non-hydrogen) atoms. The van der Waals surface area contributed by atoms with E-state index < -0.39 is 6.10 Å². The number of nitrogens with one attached hydrogen (secondary N) is 1. The lowest BCUT2D eigenvalue weighted by Gasteiger charge is -2.19. The number of rotatable bonds is 8. The van der Waals surface area contributed by atoms with Gasteiger partial charge in [-0.3, -0.25) is 4.79 Å². The first-order valence-electron chi connectivity index (χ1n) is 8.69. The molecule has 0 saturated heterocycles. The molecule has 0 aliphatic rings. The molecule has 1 N–H and O–H groups in total. The highest BCUT2D eigenvalue weighted by Crippen LogP contribution is 2.18. The van der Waals surface area contributed by atoms with E-state index in [-0.39, 0.29) is 11.9 Å². The first kappa shape index (κ1) is 19.6. The summed E-state index contributed by atoms with van der Waals surface area (Å²) in [6, 6.07) is 13.1. The number of carbonyl (C=O) groups is 1. The maximum atomic E-state index is 12.3. The third kappa shape index (κ3) is 5.99. The van der Waals surface area contributed by atoms with Crippen LogP contribution in [0.1, 0.15) is 25.0 Å². The fraction of sp³-hybridized carbons (Fsp3) is 0.381. The van der Waals surface area contributed by atoms with Crippen molar-refractivity contribution in [2.24, 2.45) is 0 Å². The monoisotopic (exact) mass is 357 g/mol. The highest BCUT2D eigenvalue weighted by atomic mass is 16.5. The van der Waals surface area contributed by atoms with Gasteiger partial charge in [0.2, 0.25) is 0 Å². The number of hydrogen-bond acceptors (Lipinski definition) is 4. The minimum Gasteiger partial charge on any atom is -0.497 e. The van der Waals surface area contributed by atoms with Crippen LogP contribution < -0.4 is 19.5 Å². The fourth-order valence-electron chi connectivity index (χ4n) is 2.55. The van der Waals surface area contributed by atoms with E-state index in [1.54, 1.807) is 14.0 Å². The van der Waals surface area contributed by atoms with Gasteiger partial charge in [0.25, 0.3) is 5.91 Å². The van der Waals surface area contributed by atoms with Gasteiger partial charge in [-0.15, -0.1) is 0 Å². The number of ether oxygens (including phenoxy) is 3. The van der Waals surface area contributed by atoms with E-state index in [0.29, 0.717) is 12.4 Å². The standard InChI is InChI=1S/C21H27NO4/c1-14-10-15(2)12-20(11-14)26-17(4)21(23)22-16(3)13-25-19-8-6-18(24-5)7-9-19/h6-12,16-17H,13H2,1-5H3,(H,22,23). The molecule has 0 saturated carbocycles. The highest BCUT2D eigenvalue weighted by molar-refractivity contribution is 5.81. The molecule has 2 rings (SSSR count). The van der Waals surface area contributed by atoms with Gasteiger partial charge in [-0.1, -0.05) is 6.07 Å². The molecule has 2 aromatic rings. The first-order valence-corrected chi connectivity index (χ1v) is 8.69. The van der Waals surface area contributed by atoms with Crippen LogP contribution in [0.4, 0.5) is 0 Å². The zero-order chi connectivity index (χ0) is 19.1. The smallest absolute Gasteiger partial charge is 0.261 e. The summed E-state index contributed by atoms with van der Waals surface area (Å²) in [6.07, 6.45) is -0.584. The Balaban J connectivity index is 1.81. The molecule has 0 fully saturated rings. The van der Waals surface area contributed by atoms with Crippen LogP contribution in [0, 0.1) is 13.8 Å². The SMILES string of the molecule is COc1ccc(OCC(C)NC(=O)C(C)Oc2cc(C)cc(C)c2)cc1. The predicted octanol–water partition coefficient (Wildman–Crippen LogP) is 3.66. The zero-order valence-electron chi connectivity index (χ0n) is 16.0. The van der Waals surface area contributed by atoms with Crippen LogP contribution in [0.5, 0.6) is 17.2 Å². The lowest BCUT2D eigenvalue weighted by Crippen LogP contribution is -2.43. The van der Waals surface area contributed by atoms with E-state index in [2.05, 4.69) is 11.4 Å². The maximum Gasteiger partial charge on any atom is 0.261 e. The molecule has 0 bridgehead atoms. The Morgan fingerprint density at radius 3 is 2.12 bits per heavy atom. The van der Waals surface area contributed by atoms with Crippen molar-refractivity contribution in [1.82, 2.24) is 5.32 Å². The fourth-order valence-corrected chi connectivity index (χ4v) is 2.55. The molecule has 2 aromatic carbocycles. The third-order valence-electron chi connectivity index (χ3n) is 3.83. The van der Waals surface area contributed by atoms with Crippen LogP contribution in [0.2, 0.25) is 0 Å². The van der Waals surface area contributed by atoms with Crippen molar-refractivity contribution in [1.29, 1.82) is 0 Å². The molecule has 0 spiro atoms. The summed E-state index contributed by atoms with van der Waals surface area (Å²) in [7, 11) is 1.62. The van der Waals surface area contributed by atoms with Crippen molar-refractivity contribution >= 4 is 5.91 Å². The van der Waals surface area contributed by atoms with E-state index in [1.807, 2.05) is 57.2 Å². The van der Waals surface area contributed by atoms with Crippen molar-refractivity contribution in [3.8, 4) is 17.2 Å². The Labute approximate surface area is 155 Å². The van der Waals surface area contributed by atoms with Crippen molar-refractivity contribution in [3.05, 3.63) is 53.6 Å². The van der Waals surface area contributed by atoms with Crippen molar-refractivity contribution in [3.63, 3.8) is 0 Å². The molecule has 140 valence electrons. The summed E-state index contributed by atoms with van der Waals surface area (Å²) in [6.45, 7) is 8.01. The molecule has 0 aliphatic heterocycles. The molecule has 2 atom stereocenters. The van der Waals surface area contributed by atoms with Gasteiger partial charge in [0.05, 0.1) is 13.2 Å². The summed E-state index contributed by atoms with van der Waals surface area (Å²) in [4.78, 5) is 12.3. The first-order chi connectivity index (χ1) is 12.4. The predicted molar refractivity (Wildman–Crippen MR) is 102 cm³/mol. The molecule has 5 heteroatoms. The van der Waals surface area contributed by atoms with E-state index in [4.69, 9.17) is 14.2 Å². The molecule has 0 aliphatic carbocycles. The summed E-state index contributed by atoms with van der Waals surface area (Å²) < 4.78 is 16.6. The number of benzene rings is 2. The minimum atomic E-state index is -0.584. The quantitative estimate of drug-likeness (QED) is 0.783. The minimum absolute atomic E-state index is 0.144. The highest BCUT2D eigenvalue weighted by Gasteiger charge is 2.17. The van der Waals surface area contributed by atoms with Gasteiger partial charge in [-0.25, -0.2) is 0 Å². The van der Waals surface area contributed by atoms with Crippen molar-refractivity contribution < 1.29 is 19.0 Å². The number of hydrogen-bond donors (Lipinski definition) is 1. The zero-order valence-corrected chi connectivity index (χ0v) is 16.0. The summed E-state index contributed by atoms with van der Waals surface area (Å²) in [5.74, 6) is 2.03. The molecule has 0 heterocycles. The van der Waals surface area contributed by atoms with E-state index in [1.165, 1.54) is 0 Å². The van der Waals surface area contributed by atoms with Gasteiger partial charge in [0.15, 0.2) is 6.10 Å². The Morgan fingerprint density at radius 2 is 1.54 bits per heavy atom. The Morgan fingerprint density at radius 1 is 0.962 bits per heavy atom. The Bertz CT molecular complexity index is 707. The lowest BCUT2D eigenvalue weighted by molar-refractivity contribution is -0.128. The Kier molecular flexibility index (Phi) is 6.89. The molecule has 0 radical (unpaired) electrons. The average molecular weight is 357 g/mol. The normalized spacial score (nSPS) is 12.8. The van der Waals surface area contributed by atoms with E-state index in [9.17, 15) is 4.79 Å². The van der Waals surface area contributed by atoms with Gasteiger partial charge < -0.3 is 19.5 Å². The number of aryl methyl sites for hydroxylation is 2. The molecular formula is C21H27NO4. The largest absolute Gasteiger partial charge is 0.497 e. The van der Waals surface area contributed by atoms with Crippen LogP contribution in [0.3, 0.4) is 0 Å². The van der Waals surface area contributed by atoms with Crippen molar-refractivity contribution in [2.75, 3.05) is 13.7 Å². The van der Waals surface area contributed by atoms with Crippen molar-refractivity contribution in [2.45, 2.75) is 39.8 Å². The maximum absolute atomic E-state index is 12.3. The van der Waals surface area contributed by atoms with Gasteiger partial charge >= 0.3 is 0 Å². The summed E-state index contributed by atoms with van der Waals surface area (Å²) in [5.41, 5.74) is 2.21. The van der Waals surface area contributed by atoms with Gasteiger partial charge in [0.1, 0.15) is 23.9 Å². The van der Waals surface area contributed by atoms with Gasteiger partial charge in [-0.05, 0) is 75.2 Å². The van der Waals surface area contributed by atoms with Crippen LogP contribution in [-0.4, -0.2) is 31.8 Å². The molecule has 0 aromatic heterocycles. The molecule has 1 amide bonds. The average Bonchev–Trinajstić information content (AvgIpc) is 2.59. The number of carbonyl (C=O) groups excluding carboxylic acids is 1. The molecular weight excluding hydrogens is 330 g/mol. The molecule has 5 nitrogen and oxygen atoms in total. The summed E-state index contributed by atoms with van der Waals surface area (Å²) >= 11 is 0. The van der Waals surface area contributed by atoms with Crippen LogP contribution in [-0.2, 0) is 4.79 Å². The van der Waals surface area contributed by atoms with Gasteiger partial charge in [-0.2, -0.15) is 0 Å². The van der Waals surface area contributed by atoms with Gasteiger partial charge in [0, 0.05) is 0 Å². The second kappa shape index (κ2) is 9.13. The third-order valence-corrected chi connectivity index (χ3v) is 3.83. The van der Waals surface area contributed by atoms with E-state index in [0.717, 1.165) is 22.6 Å². The number of amides is 1. The van der Waals surface area contributed by atoms with E-state index >= 15 is 0 Å². The number of methoxy groups -OCH3 is 1. The second-order valence-electron chi connectivity index (χ2n) is 6.48.